The molecule has 0 unspecified atom stereocenters. The fraction of sp³-hybridized carbons (Fsp3) is 0.478. The van der Waals surface area contributed by atoms with Crippen molar-refractivity contribution in [1.29, 1.82) is 0 Å². The lowest BCUT2D eigenvalue weighted by Gasteiger charge is -2.21. The van der Waals surface area contributed by atoms with Gasteiger partial charge in [0.25, 0.3) is 5.91 Å². The van der Waals surface area contributed by atoms with Gasteiger partial charge in [0.15, 0.2) is 6.61 Å². The second-order valence-corrected chi connectivity index (χ2v) is 8.29. The van der Waals surface area contributed by atoms with Crippen LogP contribution in [0.2, 0.25) is 0 Å². The molecule has 164 valence electrons. The van der Waals surface area contributed by atoms with Gasteiger partial charge in [0.2, 0.25) is 11.8 Å². The summed E-state index contributed by atoms with van der Waals surface area (Å²) in [6.45, 7) is 1.44. The van der Waals surface area contributed by atoms with E-state index in [2.05, 4.69) is 10.3 Å². The molecule has 2 fully saturated rings. The number of carbonyl (C=O) groups excluding carboxylic acids is 4. The van der Waals surface area contributed by atoms with Crippen LogP contribution in [0.4, 0.5) is 0 Å². The monoisotopic (exact) mass is 425 g/mol. The Kier molecular flexibility index (Phi) is 6.06. The van der Waals surface area contributed by atoms with E-state index in [0.717, 1.165) is 34.2 Å². The Bertz CT molecular complexity index is 990. The number of rotatable bonds is 7. The molecular weight excluding hydrogens is 398 g/mol. The molecule has 1 saturated heterocycles. The number of aromatic amines is 1. The fourth-order valence-corrected chi connectivity index (χ4v) is 4.66. The van der Waals surface area contributed by atoms with Crippen molar-refractivity contribution in [2.24, 2.45) is 11.8 Å². The maximum absolute atomic E-state index is 12.6. The number of carbonyl (C=O) groups is 4. The number of esters is 1. The molecule has 0 bridgehead atoms. The van der Waals surface area contributed by atoms with Crippen molar-refractivity contribution in [3.05, 3.63) is 36.0 Å². The molecule has 1 aliphatic heterocycles. The van der Waals surface area contributed by atoms with Crippen LogP contribution >= 0.6 is 0 Å². The highest BCUT2D eigenvalue weighted by molar-refractivity contribution is 6.07. The standard InChI is InChI=1S/C23H27N3O5/c1-14(26-21(28)17-7-2-3-8-18(17)22(26)29)23(30)31-13-20(27)24-11-10-15-12-25-19-9-5-4-6-16(15)19/h4-6,9,12,14,17-18,25H,2-3,7-8,10-11,13H2,1H3,(H,24,27)/t14-,17-,18+/m0/s1. The average molecular weight is 425 g/mol. The summed E-state index contributed by atoms with van der Waals surface area (Å²) < 4.78 is 5.08. The normalized spacial score (nSPS) is 21.8. The van der Waals surface area contributed by atoms with Gasteiger partial charge in [-0.1, -0.05) is 31.0 Å². The van der Waals surface area contributed by atoms with E-state index in [0.29, 0.717) is 25.8 Å². The summed E-state index contributed by atoms with van der Waals surface area (Å²) in [7, 11) is 0. The van der Waals surface area contributed by atoms with Crippen molar-refractivity contribution in [3.8, 4) is 0 Å². The Morgan fingerprint density at radius 2 is 1.84 bits per heavy atom. The first-order valence-electron chi connectivity index (χ1n) is 10.8. The first-order valence-corrected chi connectivity index (χ1v) is 10.8. The van der Waals surface area contributed by atoms with Crippen LogP contribution in [0.15, 0.2) is 30.5 Å². The van der Waals surface area contributed by atoms with Crippen LogP contribution in [0, 0.1) is 11.8 Å². The van der Waals surface area contributed by atoms with Gasteiger partial charge in [-0.3, -0.25) is 19.3 Å². The number of hydrogen-bond donors (Lipinski definition) is 2. The minimum Gasteiger partial charge on any atom is -0.454 e. The number of ether oxygens (including phenoxy) is 1. The van der Waals surface area contributed by atoms with Gasteiger partial charge >= 0.3 is 5.97 Å². The lowest BCUT2D eigenvalue weighted by Crippen LogP contribution is -2.45. The predicted molar refractivity (Wildman–Crippen MR) is 113 cm³/mol. The third-order valence-corrected chi connectivity index (χ3v) is 6.34. The molecule has 2 aromatic rings. The average Bonchev–Trinajstić information content (AvgIpc) is 3.31. The van der Waals surface area contributed by atoms with E-state index in [1.165, 1.54) is 6.92 Å². The van der Waals surface area contributed by atoms with Crippen LogP contribution < -0.4 is 5.32 Å². The van der Waals surface area contributed by atoms with Crippen LogP contribution in [0.1, 0.15) is 38.2 Å². The summed E-state index contributed by atoms with van der Waals surface area (Å²) in [4.78, 5) is 53.9. The molecule has 31 heavy (non-hydrogen) atoms. The first-order chi connectivity index (χ1) is 15.0. The van der Waals surface area contributed by atoms with Crippen LogP contribution in [0.5, 0.6) is 0 Å². The van der Waals surface area contributed by atoms with Crippen LogP contribution in [-0.4, -0.2) is 52.8 Å². The molecule has 1 aromatic heterocycles. The zero-order valence-electron chi connectivity index (χ0n) is 17.6. The summed E-state index contributed by atoms with van der Waals surface area (Å²) in [5.41, 5.74) is 2.13. The molecule has 8 nitrogen and oxygen atoms in total. The fourth-order valence-electron chi connectivity index (χ4n) is 4.66. The Labute approximate surface area is 180 Å². The third-order valence-electron chi connectivity index (χ3n) is 6.34. The van der Waals surface area contributed by atoms with E-state index in [9.17, 15) is 19.2 Å². The molecule has 1 aliphatic carbocycles. The summed E-state index contributed by atoms with van der Waals surface area (Å²) in [5.74, 6) is -2.38. The number of benzene rings is 1. The van der Waals surface area contributed by atoms with Gasteiger partial charge in [-0.05, 0) is 37.8 Å². The van der Waals surface area contributed by atoms with E-state index in [1.54, 1.807) is 0 Å². The highest BCUT2D eigenvalue weighted by atomic mass is 16.5. The molecule has 2 aliphatic rings. The quantitative estimate of drug-likeness (QED) is 0.521. The summed E-state index contributed by atoms with van der Waals surface area (Å²) in [6.07, 6.45) is 5.77. The van der Waals surface area contributed by atoms with E-state index in [1.807, 2.05) is 30.5 Å². The number of aromatic nitrogens is 1. The van der Waals surface area contributed by atoms with Gasteiger partial charge in [0.05, 0.1) is 11.8 Å². The minimum absolute atomic E-state index is 0.290. The van der Waals surface area contributed by atoms with Crippen molar-refractivity contribution in [1.82, 2.24) is 15.2 Å². The Balaban J connectivity index is 1.24. The number of H-pyrrole nitrogens is 1. The second kappa shape index (κ2) is 8.91. The Hall–Kier alpha value is -3.16. The van der Waals surface area contributed by atoms with Gasteiger partial charge in [0, 0.05) is 23.6 Å². The topological polar surface area (TPSA) is 109 Å². The summed E-state index contributed by atoms with van der Waals surface area (Å²) in [5, 5.41) is 3.84. The molecule has 8 heteroatoms. The number of nitrogens with zero attached hydrogens (tertiary/aromatic N) is 1. The predicted octanol–water partition coefficient (Wildman–Crippen LogP) is 1.93. The summed E-state index contributed by atoms with van der Waals surface area (Å²) >= 11 is 0. The number of para-hydroxylation sites is 1. The molecule has 1 saturated carbocycles. The van der Waals surface area contributed by atoms with E-state index < -0.39 is 24.5 Å². The van der Waals surface area contributed by atoms with Crippen molar-refractivity contribution in [3.63, 3.8) is 0 Å². The van der Waals surface area contributed by atoms with Gasteiger partial charge in [0.1, 0.15) is 6.04 Å². The molecule has 0 radical (unpaired) electrons. The molecule has 3 amide bonds. The third kappa shape index (κ3) is 4.19. The van der Waals surface area contributed by atoms with Crippen molar-refractivity contribution >= 4 is 34.6 Å². The summed E-state index contributed by atoms with van der Waals surface area (Å²) in [6, 6.07) is 6.90. The van der Waals surface area contributed by atoms with Crippen molar-refractivity contribution in [2.45, 2.75) is 45.1 Å². The SMILES string of the molecule is C[C@@H](C(=O)OCC(=O)NCCc1c[nH]c2ccccc12)N1C(=O)[C@H]2CCCC[C@H]2C1=O. The van der Waals surface area contributed by atoms with Crippen molar-refractivity contribution in [2.75, 3.05) is 13.2 Å². The zero-order valence-corrected chi connectivity index (χ0v) is 17.6. The van der Waals surface area contributed by atoms with Gasteiger partial charge in [-0.2, -0.15) is 0 Å². The largest absolute Gasteiger partial charge is 0.454 e. The maximum atomic E-state index is 12.6. The van der Waals surface area contributed by atoms with Gasteiger partial charge < -0.3 is 15.0 Å². The lowest BCUT2D eigenvalue weighted by molar-refractivity contribution is -0.159. The Morgan fingerprint density at radius 1 is 1.16 bits per heavy atom. The van der Waals surface area contributed by atoms with Crippen LogP contribution in [0.3, 0.4) is 0 Å². The highest BCUT2D eigenvalue weighted by Gasteiger charge is 2.51. The lowest BCUT2D eigenvalue weighted by atomic mass is 9.81. The van der Waals surface area contributed by atoms with Gasteiger partial charge in [-0.25, -0.2) is 4.79 Å². The molecule has 1 aromatic carbocycles. The van der Waals surface area contributed by atoms with E-state index in [-0.39, 0.29) is 23.7 Å². The van der Waals surface area contributed by atoms with Crippen molar-refractivity contribution < 1.29 is 23.9 Å². The van der Waals surface area contributed by atoms with E-state index >= 15 is 0 Å². The van der Waals surface area contributed by atoms with Crippen LogP contribution in [-0.2, 0) is 30.3 Å². The number of amides is 3. The molecule has 0 spiro atoms. The number of imide groups is 1. The maximum Gasteiger partial charge on any atom is 0.329 e. The van der Waals surface area contributed by atoms with Crippen LogP contribution in [0.25, 0.3) is 10.9 Å². The minimum atomic E-state index is -1.02. The number of hydrogen-bond acceptors (Lipinski definition) is 5. The number of fused-ring (bicyclic) bond motifs is 2. The highest BCUT2D eigenvalue weighted by Crippen LogP contribution is 2.38. The number of likely N-dealkylation sites (tertiary alicyclic amines) is 1. The molecule has 2 N–H and O–H groups in total. The first kappa shape index (κ1) is 21.1. The molecule has 2 heterocycles. The van der Waals surface area contributed by atoms with Gasteiger partial charge in [-0.15, -0.1) is 0 Å². The second-order valence-electron chi connectivity index (χ2n) is 8.29. The molecule has 4 rings (SSSR count). The van der Waals surface area contributed by atoms with E-state index in [4.69, 9.17) is 4.74 Å². The number of nitrogens with one attached hydrogen (secondary N) is 2. The Morgan fingerprint density at radius 3 is 2.55 bits per heavy atom. The smallest absolute Gasteiger partial charge is 0.329 e. The zero-order chi connectivity index (χ0) is 22.0. The molecular formula is C23H27N3O5. The molecule has 3 atom stereocenters.